The fraction of sp³-hybridized carbons (Fsp3) is 0.222. The Bertz CT molecular complexity index is 523. The van der Waals surface area contributed by atoms with Gasteiger partial charge in [-0.15, -0.1) is 0 Å². The summed E-state index contributed by atoms with van der Waals surface area (Å²) in [5.74, 6) is 0. The summed E-state index contributed by atoms with van der Waals surface area (Å²) in [6.45, 7) is 1.97. The van der Waals surface area contributed by atoms with Crippen LogP contribution in [-0.2, 0) is 16.4 Å². The van der Waals surface area contributed by atoms with Gasteiger partial charge in [-0.1, -0.05) is 13.0 Å². The molecule has 2 N–H and O–H groups in total. The quantitative estimate of drug-likeness (QED) is 0.727. The number of hydrogen-bond donors (Lipinski definition) is 2. The fourth-order valence-corrected chi connectivity index (χ4v) is 3.00. The number of benzene rings is 1. The van der Waals surface area contributed by atoms with Crippen molar-refractivity contribution in [2.75, 3.05) is 5.32 Å². The number of anilines is 1. The highest BCUT2D eigenvalue weighted by Gasteiger charge is 2.25. The average Bonchev–Trinajstić information content (AvgIpc) is 2.16. The number of fused-ring (bicyclic) bond motifs is 1. The molecular weight excluding hydrogens is 232 g/mol. The number of sulfonamides is 1. The Morgan fingerprint density at radius 1 is 1.40 bits per heavy atom. The Morgan fingerprint density at radius 3 is 2.80 bits per heavy atom. The van der Waals surface area contributed by atoms with Crippen molar-refractivity contribution in [3.05, 3.63) is 23.8 Å². The SMILES string of the molecule is CCc1ccc2c(c1)S(=O)(=O)NC(=S)N2. The minimum Gasteiger partial charge on any atom is -0.331 e. The van der Waals surface area contributed by atoms with E-state index in [1.54, 1.807) is 12.1 Å². The van der Waals surface area contributed by atoms with Crippen LogP contribution in [-0.4, -0.2) is 13.5 Å². The van der Waals surface area contributed by atoms with E-state index < -0.39 is 10.0 Å². The molecule has 0 saturated carbocycles. The van der Waals surface area contributed by atoms with Gasteiger partial charge >= 0.3 is 0 Å². The number of rotatable bonds is 1. The molecule has 4 nitrogen and oxygen atoms in total. The smallest absolute Gasteiger partial charge is 0.265 e. The highest BCUT2D eigenvalue weighted by molar-refractivity contribution is 7.92. The van der Waals surface area contributed by atoms with Gasteiger partial charge in [-0.2, -0.15) is 0 Å². The molecule has 0 amide bonds. The van der Waals surface area contributed by atoms with Crippen molar-refractivity contribution >= 4 is 33.0 Å². The van der Waals surface area contributed by atoms with Crippen LogP contribution in [0.25, 0.3) is 0 Å². The van der Waals surface area contributed by atoms with Crippen molar-refractivity contribution in [2.45, 2.75) is 18.2 Å². The summed E-state index contributed by atoms with van der Waals surface area (Å²) < 4.78 is 25.7. The van der Waals surface area contributed by atoms with Crippen molar-refractivity contribution in [3.8, 4) is 0 Å². The molecule has 0 radical (unpaired) electrons. The lowest BCUT2D eigenvalue weighted by Crippen LogP contribution is -2.39. The summed E-state index contributed by atoms with van der Waals surface area (Å²) >= 11 is 4.79. The van der Waals surface area contributed by atoms with Crippen molar-refractivity contribution in [3.63, 3.8) is 0 Å². The monoisotopic (exact) mass is 242 g/mol. The maximum Gasteiger partial charge on any atom is 0.265 e. The van der Waals surface area contributed by atoms with Crippen molar-refractivity contribution in [1.29, 1.82) is 0 Å². The van der Waals surface area contributed by atoms with Gasteiger partial charge in [0.05, 0.1) is 5.69 Å². The van der Waals surface area contributed by atoms with Crippen LogP contribution in [0, 0.1) is 0 Å². The third-order valence-electron chi connectivity index (χ3n) is 2.22. The lowest BCUT2D eigenvalue weighted by Gasteiger charge is -2.20. The minimum atomic E-state index is -3.48. The Hall–Kier alpha value is -1.14. The molecule has 1 heterocycles. The van der Waals surface area contributed by atoms with Gasteiger partial charge in [0.1, 0.15) is 4.90 Å². The molecular formula is C9H10N2O2S2. The normalized spacial score (nSPS) is 17.5. The van der Waals surface area contributed by atoms with Crippen LogP contribution in [0.15, 0.2) is 23.1 Å². The molecule has 0 aromatic heterocycles. The van der Waals surface area contributed by atoms with E-state index in [1.807, 2.05) is 13.0 Å². The molecule has 2 rings (SSSR count). The predicted molar refractivity (Wildman–Crippen MR) is 62.4 cm³/mol. The molecule has 0 aliphatic carbocycles. The molecule has 6 heteroatoms. The Labute approximate surface area is 93.7 Å². The van der Waals surface area contributed by atoms with Crippen LogP contribution in [0.5, 0.6) is 0 Å². The maximum absolute atomic E-state index is 11.7. The molecule has 1 aliphatic heterocycles. The van der Waals surface area contributed by atoms with Gasteiger partial charge in [-0.25, -0.2) is 8.42 Å². The van der Waals surface area contributed by atoms with Crippen molar-refractivity contribution in [1.82, 2.24) is 4.72 Å². The zero-order valence-electron chi connectivity index (χ0n) is 8.07. The third kappa shape index (κ3) is 1.82. The lowest BCUT2D eigenvalue weighted by molar-refractivity contribution is 0.592. The average molecular weight is 242 g/mol. The van der Waals surface area contributed by atoms with E-state index in [0.29, 0.717) is 5.69 Å². The first-order chi connectivity index (χ1) is 7.03. The Morgan fingerprint density at radius 2 is 2.13 bits per heavy atom. The molecule has 0 saturated heterocycles. The van der Waals surface area contributed by atoms with Crippen LogP contribution in [0.3, 0.4) is 0 Å². The van der Waals surface area contributed by atoms with Crippen molar-refractivity contribution in [2.24, 2.45) is 0 Å². The van der Waals surface area contributed by atoms with E-state index in [1.165, 1.54) is 0 Å². The first kappa shape index (κ1) is 10.4. The van der Waals surface area contributed by atoms with E-state index in [-0.39, 0.29) is 10.0 Å². The second-order valence-corrected chi connectivity index (χ2v) is 5.30. The number of thiocarbonyl (C=S) groups is 1. The van der Waals surface area contributed by atoms with Gasteiger partial charge in [0.2, 0.25) is 0 Å². The fourth-order valence-electron chi connectivity index (χ4n) is 1.44. The van der Waals surface area contributed by atoms with E-state index in [0.717, 1.165) is 12.0 Å². The summed E-state index contributed by atoms with van der Waals surface area (Å²) in [5.41, 5.74) is 1.52. The van der Waals surface area contributed by atoms with E-state index in [9.17, 15) is 8.42 Å². The number of hydrogen-bond acceptors (Lipinski definition) is 3. The summed E-state index contributed by atoms with van der Waals surface area (Å²) in [5, 5.41) is 2.93. The standard InChI is InChI=1S/C9H10N2O2S2/c1-2-6-3-4-7-8(5-6)15(12,13)11-9(14)10-7/h3-5H,2H2,1H3,(H2,10,11,14). The van der Waals surface area contributed by atoms with Crippen LogP contribution in [0.4, 0.5) is 5.69 Å². The van der Waals surface area contributed by atoms with Gasteiger partial charge in [0, 0.05) is 0 Å². The summed E-state index contributed by atoms with van der Waals surface area (Å²) in [6, 6.07) is 5.28. The Kier molecular flexibility index (Phi) is 2.40. The molecule has 0 fully saturated rings. The molecule has 80 valence electrons. The molecule has 0 bridgehead atoms. The maximum atomic E-state index is 11.7. The number of nitrogens with one attached hydrogen (secondary N) is 2. The van der Waals surface area contributed by atoms with E-state index >= 15 is 0 Å². The summed E-state index contributed by atoms with van der Waals surface area (Å²) in [4.78, 5) is 0.260. The van der Waals surface area contributed by atoms with Gasteiger partial charge in [-0.3, -0.25) is 4.72 Å². The van der Waals surface area contributed by atoms with Crippen LogP contribution in [0.1, 0.15) is 12.5 Å². The largest absolute Gasteiger partial charge is 0.331 e. The van der Waals surface area contributed by atoms with Crippen LogP contribution < -0.4 is 10.0 Å². The zero-order chi connectivity index (χ0) is 11.1. The highest BCUT2D eigenvalue weighted by Crippen LogP contribution is 2.25. The molecule has 1 aliphatic rings. The van der Waals surface area contributed by atoms with E-state index in [4.69, 9.17) is 12.2 Å². The molecule has 0 unspecified atom stereocenters. The molecule has 0 atom stereocenters. The lowest BCUT2D eigenvalue weighted by atomic mass is 10.1. The topological polar surface area (TPSA) is 58.2 Å². The minimum absolute atomic E-state index is 0.117. The molecule has 15 heavy (non-hydrogen) atoms. The van der Waals surface area contributed by atoms with Gasteiger partial charge < -0.3 is 5.32 Å². The molecule has 1 aromatic rings. The van der Waals surface area contributed by atoms with Gasteiger partial charge in [0.25, 0.3) is 10.0 Å². The molecule has 1 aromatic carbocycles. The van der Waals surface area contributed by atoms with Crippen LogP contribution in [0.2, 0.25) is 0 Å². The second-order valence-electron chi connectivity index (χ2n) is 3.24. The molecule has 0 spiro atoms. The van der Waals surface area contributed by atoms with Gasteiger partial charge in [0.15, 0.2) is 5.11 Å². The van der Waals surface area contributed by atoms with Crippen molar-refractivity contribution < 1.29 is 8.42 Å². The third-order valence-corrected chi connectivity index (χ3v) is 3.94. The summed E-state index contributed by atoms with van der Waals surface area (Å²) in [7, 11) is -3.48. The predicted octanol–water partition coefficient (Wildman–Crippen LogP) is 1.24. The van der Waals surface area contributed by atoms with Crippen LogP contribution >= 0.6 is 12.2 Å². The highest BCUT2D eigenvalue weighted by atomic mass is 32.2. The first-order valence-corrected chi connectivity index (χ1v) is 6.39. The summed E-state index contributed by atoms with van der Waals surface area (Å²) in [6.07, 6.45) is 0.799. The first-order valence-electron chi connectivity index (χ1n) is 4.49. The van der Waals surface area contributed by atoms with E-state index in [2.05, 4.69) is 10.0 Å². The van der Waals surface area contributed by atoms with Gasteiger partial charge in [-0.05, 0) is 36.3 Å². The zero-order valence-corrected chi connectivity index (χ0v) is 9.71. The Balaban J connectivity index is 2.64. The second kappa shape index (κ2) is 3.46. The number of aryl methyl sites for hydroxylation is 1.